The van der Waals surface area contributed by atoms with Crippen molar-refractivity contribution in [3.8, 4) is 17.6 Å². The summed E-state index contributed by atoms with van der Waals surface area (Å²) in [4.78, 5) is 23.5. The van der Waals surface area contributed by atoms with Crippen LogP contribution in [0.15, 0.2) is 23.8 Å². The first-order valence-electron chi connectivity index (χ1n) is 7.90. The summed E-state index contributed by atoms with van der Waals surface area (Å²) in [6.07, 6.45) is 1.36. The van der Waals surface area contributed by atoms with Crippen LogP contribution in [0.5, 0.6) is 11.5 Å². The number of benzene rings is 1. The lowest BCUT2D eigenvalue weighted by Crippen LogP contribution is -2.32. The highest BCUT2D eigenvalue weighted by Crippen LogP contribution is 2.29. The number of carbonyl (C=O) groups is 2. The smallest absolute Gasteiger partial charge is 0.493 e. The predicted octanol–water partition coefficient (Wildman–Crippen LogP) is 3.05. The van der Waals surface area contributed by atoms with Gasteiger partial charge in [-0.1, -0.05) is 13.0 Å². The Balaban J connectivity index is 3.03. The summed E-state index contributed by atoms with van der Waals surface area (Å²) in [5, 5.41) is 11.9. The van der Waals surface area contributed by atoms with Gasteiger partial charge in [0.15, 0.2) is 11.5 Å². The lowest BCUT2D eigenvalue weighted by Gasteiger charge is -2.11. The molecule has 7 nitrogen and oxygen atoms in total. The minimum Gasteiger partial charge on any atom is -0.493 e. The van der Waals surface area contributed by atoms with E-state index in [0.717, 1.165) is 6.42 Å². The second-order valence-corrected chi connectivity index (χ2v) is 5.15. The van der Waals surface area contributed by atoms with Crippen molar-refractivity contribution in [3.05, 3.63) is 29.3 Å². The van der Waals surface area contributed by atoms with Gasteiger partial charge < -0.3 is 19.5 Å². The minimum absolute atomic E-state index is 0.0265. The number of amides is 1. The van der Waals surface area contributed by atoms with E-state index in [1.54, 1.807) is 19.1 Å². The quantitative estimate of drug-likeness (QED) is 0.353. The van der Waals surface area contributed by atoms with E-state index < -0.39 is 12.1 Å². The van der Waals surface area contributed by atoms with E-state index in [0.29, 0.717) is 5.56 Å². The Morgan fingerprint density at radius 2 is 2.04 bits per heavy atom. The molecule has 1 rings (SSSR count). The fourth-order valence-electron chi connectivity index (χ4n) is 1.81. The van der Waals surface area contributed by atoms with Crippen molar-refractivity contribution >= 4 is 18.1 Å². The summed E-state index contributed by atoms with van der Waals surface area (Å²) in [5.74, 6) is 0.0183. The Morgan fingerprint density at radius 1 is 1.32 bits per heavy atom. The average Bonchev–Trinajstić information content (AvgIpc) is 2.60. The molecule has 1 N–H and O–H groups in total. The first-order chi connectivity index (χ1) is 11.9. The highest BCUT2D eigenvalue weighted by molar-refractivity contribution is 6.01. The normalized spacial score (nSPS) is 11.9. The highest BCUT2D eigenvalue weighted by Gasteiger charge is 2.14. The molecule has 0 aliphatic carbocycles. The molecule has 7 heteroatoms. The number of hydrogen-bond donors (Lipinski definition) is 1. The summed E-state index contributed by atoms with van der Waals surface area (Å²) in [6, 6.07) is 6.52. The number of nitrogens with one attached hydrogen (secondary N) is 1. The SMILES string of the molecule is CCOC(=O)Oc1ccc(/C=C(\C#N)C(=O)N[C@@H](C)CC)cc1OC. The van der Waals surface area contributed by atoms with Crippen LogP contribution >= 0.6 is 0 Å². The molecule has 1 amide bonds. The Bertz CT molecular complexity index is 691. The van der Waals surface area contributed by atoms with E-state index in [1.807, 2.05) is 19.9 Å². The fourth-order valence-corrected chi connectivity index (χ4v) is 1.81. The minimum atomic E-state index is -0.838. The Morgan fingerprint density at radius 3 is 2.60 bits per heavy atom. The van der Waals surface area contributed by atoms with Crippen LogP contribution in [0.25, 0.3) is 6.08 Å². The van der Waals surface area contributed by atoms with Gasteiger partial charge in [-0.3, -0.25) is 4.79 Å². The molecule has 0 heterocycles. The third kappa shape index (κ3) is 6.18. The molecule has 0 saturated carbocycles. The molecule has 0 radical (unpaired) electrons. The third-order valence-electron chi connectivity index (χ3n) is 3.31. The van der Waals surface area contributed by atoms with Crippen LogP contribution in [0, 0.1) is 11.3 Å². The number of ether oxygens (including phenoxy) is 3. The van der Waals surface area contributed by atoms with Crippen LogP contribution in [0.1, 0.15) is 32.8 Å². The van der Waals surface area contributed by atoms with Crippen molar-refractivity contribution in [1.82, 2.24) is 5.32 Å². The molecular formula is C18H22N2O5. The fraction of sp³-hybridized carbons (Fsp3) is 0.389. The maximum atomic E-state index is 12.1. The lowest BCUT2D eigenvalue weighted by molar-refractivity contribution is -0.117. The molecular weight excluding hydrogens is 324 g/mol. The van der Waals surface area contributed by atoms with Gasteiger partial charge >= 0.3 is 6.16 Å². The molecule has 0 saturated heterocycles. The summed E-state index contributed by atoms with van der Waals surface area (Å²) < 4.78 is 14.9. The highest BCUT2D eigenvalue weighted by atomic mass is 16.7. The van der Waals surface area contributed by atoms with E-state index in [-0.39, 0.29) is 29.7 Å². The van der Waals surface area contributed by atoms with Gasteiger partial charge in [-0.15, -0.1) is 0 Å². The van der Waals surface area contributed by atoms with Crippen LogP contribution < -0.4 is 14.8 Å². The largest absolute Gasteiger partial charge is 0.513 e. The molecule has 0 bridgehead atoms. The number of carbonyl (C=O) groups excluding carboxylic acids is 2. The predicted molar refractivity (Wildman–Crippen MR) is 92.1 cm³/mol. The van der Waals surface area contributed by atoms with Gasteiger partial charge in [0.05, 0.1) is 13.7 Å². The second kappa shape index (κ2) is 9.98. The summed E-state index contributed by atoms with van der Waals surface area (Å²) in [7, 11) is 1.42. The van der Waals surface area contributed by atoms with Crippen LogP contribution in [0.4, 0.5) is 4.79 Å². The van der Waals surface area contributed by atoms with Crippen LogP contribution in [-0.4, -0.2) is 31.8 Å². The van der Waals surface area contributed by atoms with Crippen molar-refractivity contribution in [2.45, 2.75) is 33.2 Å². The number of hydrogen-bond acceptors (Lipinski definition) is 6. The van der Waals surface area contributed by atoms with Gasteiger partial charge in [0.2, 0.25) is 0 Å². The molecule has 0 fully saturated rings. The first-order valence-corrected chi connectivity index (χ1v) is 7.90. The summed E-state index contributed by atoms with van der Waals surface area (Å²) in [5.41, 5.74) is 0.533. The topological polar surface area (TPSA) is 97.7 Å². The number of methoxy groups -OCH3 is 1. The zero-order valence-electron chi connectivity index (χ0n) is 14.8. The molecule has 0 aliphatic heterocycles. The Kier molecular flexibility index (Phi) is 8.00. The van der Waals surface area contributed by atoms with Crippen molar-refractivity contribution in [2.24, 2.45) is 0 Å². The number of rotatable bonds is 7. The second-order valence-electron chi connectivity index (χ2n) is 5.15. The zero-order valence-corrected chi connectivity index (χ0v) is 14.8. The molecule has 1 aromatic rings. The van der Waals surface area contributed by atoms with Crippen LogP contribution in [0.2, 0.25) is 0 Å². The van der Waals surface area contributed by atoms with E-state index >= 15 is 0 Å². The zero-order chi connectivity index (χ0) is 18.8. The Hall–Kier alpha value is -3.01. The summed E-state index contributed by atoms with van der Waals surface area (Å²) in [6.45, 7) is 5.66. The number of nitriles is 1. The van der Waals surface area contributed by atoms with Gasteiger partial charge in [0, 0.05) is 6.04 Å². The third-order valence-corrected chi connectivity index (χ3v) is 3.31. The van der Waals surface area contributed by atoms with Crippen LogP contribution in [0.3, 0.4) is 0 Å². The lowest BCUT2D eigenvalue weighted by atomic mass is 10.1. The van der Waals surface area contributed by atoms with Crippen molar-refractivity contribution in [3.63, 3.8) is 0 Å². The molecule has 1 atom stereocenters. The van der Waals surface area contributed by atoms with Crippen molar-refractivity contribution in [2.75, 3.05) is 13.7 Å². The monoisotopic (exact) mass is 346 g/mol. The van der Waals surface area contributed by atoms with Gasteiger partial charge in [0.25, 0.3) is 5.91 Å². The molecule has 0 unspecified atom stereocenters. The van der Waals surface area contributed by atoms with E-state index in [4.69, 9.17) is 14.2 Å². The standard InChI is InChI=1S/C18H22N2O5/c1-5-12(3)20-17(21)14(11-19)9-13-7-8-15(16(10-13)23-4)25-18(22)24-6-2/h7-10,12H,5-6H2,1-4H3,(H,20,21)/b14-9+/t12-/m0/s1. The summed E-state index contributed by atoms with van der Waals surface area (Å²) >= 11 is 0. The van der Waals surface area contributed by atoms with Gasteiger partial charge in [-0.25, -0.2) is 4.79 Å². The number of nitrogens with zero attached hydrogens (tertiary/aromatic N) is 1. The van der Waals surface area contributed by atoms with E-state index in [2.05, 4.69) is 5.32 Å². The van der Waals surface area contributed by atoms with Crippen molar-refractivity contribution in [1.29, 1.82) is 5.26 Å². The molecule has 0 aliphatic rings. The maximum absolute atomic E-state index is 12.1. The first kappa shape index (κ1) is 20.0. The van der Waals surface area contributed by atoms with E-state index in [9.17, 15) is 14.9 Å². The Labute approximate surface area is 147 Å². The molecule has 25 heavy (non-hydrogen) atoms. The maximum Gasteiger partial charge on any atom is 0.513 e. The molecule has 1 aromatic carbocycles. The van der Waals surface area contributed by atoms with E-state index in [1.165, 1.54) is 19.3 Å². The molecule has 134 valence electrons. The van der Waals surface area contributed by atoms with Crippen molar-refractivity contribution < 1.29 is 23.8 Å². The van der Waals surface area contributed by atoms with Gasteiger partial charge in [-0.2, -0.15) is 5.26 Å². The van der Waals surface area contributed by atoms with Gasteiger partial charge in [0.1, 0.15) is 11.6 Å². The van der Waals surface area contributed by atoms with Gasteiger partial charge in [-0.05, 0) is 44.0 Å². The molecule has 0 aromatic heterocycles. The molecule has 0 spiro atoms. The van der Waals surface area contributed by atoms with Crippen LogP contribution in [-0.2, 0) is 9.53 Å². The average molecular weight is 346 g/mol.